The normalized spacial score (nSPS) is 28.3. The molecule has 0 aromatic carbocycles. The molecule has 6 heteroatoms. The molecule has 6 nitrogen and oxygen atoms in total. The highest BCUT2D eigenvalue weighted by Crippen LogP contribution is 2.31. The smallest absolute Gasteiger partial charge is 0.225 e. The van der Waals surface area contributed by atoms with E-state index in [9.17, 15) is 0 Å². The minimum atomic E-state index is -0.0138. The number of piperidine rings is 1. The summed E-state index contributed by atoms with van der Waals surface area (Å²) in [5, 5.41) is 0. The summed E-state index contributed by atoms with van der Waals surface area (Å²) < 4.78 is 11.7. The largest absolute Gasteiger partial charge is 0.381 e. The van der Waals surface area contributed by atoms with Crippen LogP contribution in [-0.4, -0.2) is 73.0 Å². The zero-order valence-electron chi connectivity index (χ0n) is 13.7. The van der Waals surface area contributed by atoms with E-state index in [1.165, 1.54) is 13.0 Å². The molecule has 0 aliphatic carbocycles. The van der Waals surface area contributed by atoms with Crippen molar-refractivity contribution in [3.8, 4) is 0 Å². The maximum atomic E-state index is 6.23. The van der Waals surface area contributed by atoms with Crippen molar-refractivity contribution in [3.05, 3.63) is 18.5 Å². The Bertz CT molecular complexity index is 499. The minimum absolute atomic E-state index is 0.0138. The fourth-order valence-corrected chi connectivity index (χ4v) is 4.01. The summed E-state index contributed by atoms with van der Waals surface area (Å²) in [6, 6.07) is 1.87. The Morgan fingerprint density at radius 3 is 2.70 bits per heavy atom. The highest BCUT2D eigenvalue weighted by molar-refractivity contribution is 5.30. The maximum absolute atomic E-state index is 6.23. The van der Waals surface area contributed by atoms with Gasteiger partial charge in [0.25, 0.3) is 0 Å². The molecular weight excluding hydrogens is 292 g/mol. The fraction of sp³-hybridized carbons (Fsp3) is 0.765. The molecule has 4 heterocycles. The first-order valence-corrected chi connectivity index (χ1v) is 8.79. The molecule has 0 N–H and O–H groups in total. The number of aromatic nitrogens is 2. The lowest BCUT2D eigenvalue weighted by molar-refractivity contribution is -0.0926. The van der Waals surface area contributed by atoms with Crippen LogP contribution in [-0.2, 0) is 9.47 Å². The van der Waals surface area contributed by atoms with Crippen molar-refractivity contribution < 1.29 is 9.47 Å². The van der Waals surface area contributed by atoms with Crippen LogP contribution in [0.25, 0.3) is 0 Å². The summed E-state index contributed by atoms with van der Waals surface area (Å²) >= 11 is 0. The second-order valence-corrected chi connectivity index (χ2v) is 7.03. The van der Waals surface area contributed by atoms with Crippen LogP contribution in [0, 0.1) is 5.92 Å². The van der Waals surface area contributed by atoms with Gasteiger partial charge in [-0.2, -0.15) is 0 Å². The van der Waals surface area contributed by atoms with E-state index in [0.717, 1.165) is 70.7 Å². The molecule has 3 saturated heterocycles. The number of anilines is 1. The summed E-state index contributed by atoms with van der Waals surface area (Å²) in [7, 11) is 0. The van der Waals surface area contributed by atoms with Gasteiger partial charge in [-0.15, -0.1) is 0 Å². The molecule has 1 atom stereocenters. The van der Waals surface area contributed by atoms with Crippen LogP contribution in [0.15, 0.2) is 18.5 Å². The Morgan fingerprint density at radius 1 is 1.13 bits per heavy atom. The summed E-state index contributed by atoms with van der Waals surface area (Å²) in [6.45, 7) is 7.89. The predicted octanol–water partition coefficient (Wildman–Crippen LogP) is 1.18. The Hall–Kier alpha value is -1.24. The zero-order valence-corrected chi connectivity index (χ0v) is 13.7. The van der Waals surface area contributed by atoms with Crippen molar-refractivity contribution in [1.82, 2.24) is 14.9 Å². The van der Waals surface area contributed by atoms with Crippen molar-refractivity contribution in [2.75, 3.05) is 57.4 Å². The van der Waals surface area contributed by atoms with Crippen LogP contribution in [0.3, 0.4) is 0 Å². The number of morpholine rings is 1. The maximum Gasteiger partial charge on any atom is 0.225 e. The molecule has 1 aromatic rings. The summed E-state index contributed by atoms with van der Waals surface area (Å²) in [5.41, 5.74) is -0.0138. The van der Waals surface area contributed by atoms with Gasteiger partial charge in [0, 0.05) is 45.2 Å². The molecule has 0 amide bonds. The number of ether oxygens (including phenoxy) is 2. The average Bonchev–Trinajstić information content (AvgIpc) is 3.11. The van der Waals surface area contributed by atoms with Gasteiger partial charge in [-0.05, 0) is 31.2 Å². The molecule has 1 spiro atoms. The molecular formula is C17H26N4O2. The topological polar surface area (TPSA) is 50.7 Å². The summed E-state index contributed by atoms with van der Waals surface area (Å²) in [5.74, 6) is 1.56. The van der Waals surface area contributed by atoms with E-state index in [0.29, 0.717) is 0 Å². The molecule has 126 valence electrons. The SMILES string of the molecule is c1cnc(N2CCOC3(CCN(C[C@@H]4CCOC4)CC3)C2)nc1. The van der Waals surface area contributed by atoms with Gasteiger partial charge in [0.2, 0.25) is 5.95 Å². The highest BCUT2D eigenvalue weighted by Gasteiger charge is 2.40. The third-order valence-corrected chi connectivity index (χ3v) is 5.39. The monoisotopic (exact) mass is 318 g/mol. The average molecular weight is 318 g/mol. The Balaban J connectivity index is 1.34. The molecule has 1 aromatic heterocycles. The van der Waals surface area contributed by atoms with E-state index >= 15 is 0 Å². The first-order valence-electron chi connectivity index (χ1n) is 8.79. The van der Waals surface area contributed by atoms with E-state index in [1.807, 2.05) is 18.5 Å². The van der Waals surface area contributed by atoms with E-state index in [-0.39, 0.29) is 5.60 Å². The Kier molecular flexibility index (Phi) is 4.46. The van der Waals surface area contributed by atoms with Crippen LogP contribution >= 0.6 is 0 Å². The number of likely N-dealkylation sites (tertiary alicyclic amines) is 1. The molecule has 0 bridgehead atoms. The van der Waals surface area contributed by atoms with Gasteiger partial charge in [-0.3, -0.25) is 0 Å². The van der Waals surface area contributed by atoms with Crippen molar-refractivity contribution in [3.63, 3.8) is 0 Å². The van der Waals surface area contributed by atoms with E-state index in [4.69, 9.17) is 9.47 Å². The lowest BCUT2D eigenvalue weighted by atomic mass is 9.89. The van der Waals surface area contributed by atoms with Gasteiger partial charge in [0.15, 0.2) is 0 Å². The fourth-order valence-electron chi connectivity index (χ4n) is 4.01. The number of hydrogen-bond acceptors (Lipinski definition) is 6. The summed E-state index contributed by atoms with van der Waals surface area (Å²) in [4.78, 5) is 13.7. The van der Waals surface area contributed by atoms with Crippen LogP contribution in [0.4, 0.5) is 5.95 Å². The molecule has 3 fully saturated rings. The zero-order chi connectivity index (χ0) is 15.5. The number of nitrogens with zero attached hydrogens (tertiary/aromatic N) is 4. The van der Waals surface area contributed by atoms with Gasteiger partial charge in [0.1, 0.15) is 0 Å². The number of hydrogen-bond donors (Lipinski definition) is 0. The quantitative estimate of drug-likeness (QED) is 0.834. The third kappa shape index (κ3) is 3.49. The van der Waals surface area contributed by atoms with Crippen molar-refractivity contribution >= 4 is 5.95 Å². The minimum Gasteiger partial charge on any atom is -0.381 e. The van der Waals surface area contributed by atoms with Crippen LogP contribution < -0.4 is 4.90 Å². The van der Waals surface area contributed by atoms with Crippen LogP contribution in [0.1, 0.15) is 19.3 Å². The lowest BCUT2D eigenvalue weighted by Crippen LogP contribution is -2.57. The molecule has 0 saturated carbocycles. The predicted molar refractivity (Wildman–Crippen MR) is 87.5 cm³/mol. The first kappa shape index (κ1) is 15.3. The standard InChI is InChI=1S/C17H26N4O2/c1-5-18-16(19-6-1)21-9-11-23-17(14-21)3-7-20(8-4-17)12-15-2-10-22-13-15/h1,5-6,15H,2-4,7-14H2/t15-/m0/s1. The van der Waals surface area contributed by atoms with E-state index in [1.54, 1.807) is 0 Å². The first-order chi connectivity index (χ1) is 11.3. The van der Waals surface area contributed by atoms with Crippen molar-refractivity contribution in [2.24, 2.45) is 5.92 Å². The van der Waals surface area contributed by atoms with Crippen LogP contribution in [0.5, 0.6) is 0 Å². The van der Waals surface area contributed by atoms with Gasteiger partial charge < -0.3 is 19.3 Å². The van der Waals surface area contributed by atoms with Gasteiger partial charge in [-0.25, -0.2) is 9.97 Å². The second kappa shape index (κ2) is 6.71. The molecule has 3 aliphatic heterocycles. The van der Waals surface area contributed by atoms with E-state index < -0.39 is 0 Å². The molecule has 23 heavy (non-hydrogen) atoms. The number of rotatable bonds is 3. The van der Waals surface area contributed by atoms with Crippen molar-refractivity contribution in [1.29, 1.82) is 0 Å². The molecule has 4 rings (SSSR count). The van der Waals surface area contributed by atoms with Gasteiger partial charge >= 0.3 is 0 Å². The molecule has 0 unspecified atom stereocenters. The van der Waals surface area contributed by atoms with E-state index in [2.05, 4.69) is 19.8 Å². The van der Waals surface area contributed by atoms with Crippen LogP contribution in [0.2, 0.25) is 0 Å². The Labute approximate surface area is 137 Å². The highest BCUT2D eigenvalue weighted by atomic mass is 16.5. The van der Waals surface area contributed by atoms with Gasteiger partial charge in [0.05, 0.1) is 25.4 Å². The Morgan fingerprint density at radius 2 is 1.96 bits per heavy atom. The molecule has 3 aliphatic rings. The molecule has 0 radical (unpaired) electrons. The van der Waals surface area contributed by atoms with Crippen molar-refractivity contribution in [2.45, 2.75) is 24.9 Å². The second-order valence-electron chi connectivity index (χ2n) is 7.03. The third-order valence-electron chi connectivity index (χ3n) is 5.39. The lowest BCUT2D eigenvalue weighted by Gasteiger charge is -2.47. The van der Waals surface area contributed by atoms with Gasteiger partial charge in [-0.1, -0.05) is 0 Å². The summed E-state index contributed by atoms with van der Waals surface area (Å²) in [6.07, 6.45) is 7.05.